The van der Waals surface area contributed by atoms with Crippen molar-refractivity contribution in [1.29, 1.82) is 0 Å². The second-order valence-electron chi connectivity index (χ2n) is 42.8. The summed E-state index contributed by atoms with van der Waals surface area (Å²) in [6, 6.07) is -1.72. The normalized spacial score (nSPS) is 48.8. The Bertz CT molecular complexity index is 3970. The quantitative estimate of drug-likeness (QED) is 0.0122. The number of amides is 1. The smallest absolute Gasteiger partial charge is 0.317 e. The highest BCUT2D eigenvalue weighted by Gasteiger charge is 2.74. The third kappa shape index (κ3) is 21.3. The van der Waals surface area contributed by atoms with Crippen LogP contribution in [0, 0.1) is 74.6 Å². The minimum absolute atomic E-state index is 0.0166. The van der Waals surface area contributed by atoms with E-state index >= 15 is 4.79 Å². The van der Waals surface area contributed by atoms with E-state index in [-0.39, 0.29) is 68.5 Å². The van der Waals surface area contributed by atoms with Crippen LogP contribution < -0.4 is 5.32 Å². The molecule has 136 heavy (non-hydrogen) atoms. The summed E-state index contributed by atoms with van der Waals surface area (Å²) in [5.74, 6) is -4.71. The molecule has 15 unspecified atom stereocenters. The van der Waals surface area contributed by atoms with Gasteiger partial charge in [0.2, 0.25) is 12.2 Å². The number of esters is 1. The number of hydrogen-bond acceptors (Lipinski definition) is 42. The summed E-state index contributed by atoms with van der Waals surface area (Å²) >= 11 is 0. The number of aliphatic hydroxyl groups excluding tert-OH is 21. The number of aldehydes is 1. The first-order valence-electron chi connectivity index (χ1n) is 48.5. The summed E-state index contributed by atoms with van der Waals surface area (Å²) < 4.78 is 97.3. The van der Waals surface area contributed by atoms with Crippen molar-refractivity contribution in [1.82, 2.24) is 5.32 Å². The molecule has 1 radical (unpaired) electrons. The molecule has 13 aliphatic rings. The summed E-state index contributed by atoms with van der Waals surface area (Å²) in [4.78, 5) is 59.3. The summed E-state index contributed by atoms with van der Waals surface area (Å²) in [6.07, 6.45) is -55.2. The van der Waals surface area contributed by atoms with E-state index in [1.54, 1.807) is 13.8 Å². The maximum absolute atomic E-state index is 16.4. The van der Waals surface area contributed by atoms with Gasteiger partial charge in [-0.2, -0.15) is 0 Å². The predicted molar refractivity (Wildman–Crippen MR) is 461 cm³/mol. The number of carbonyl (C=O) groups is 4. The van der Waals surface area contributed by atoms with Crippen molar-refractivity contribution in [2.24, 2.45) is 68.0 Å². The minimum Gasteiger partial charge on any atom is -0.432 e. The lowest BCUT2D eigenvalue weighted by molar-refractivity contribution is -0.377. The van der Waals surface area contributed by atoms with E-state index in [4.69, 9.17) is 75.8 Å². The van der Waals surface area contributed by atoms with Gasteiger partial charge >= 0.3 is 5.97 Å². The highest BCUT2D eigenvalue weighted by molar-refractivity contribution is 5.80. The first kappa shape index (κ1) is 110. The minimum atomic E-state index is -2.20. The summed E-state index contributed by atoms with van der Waals surface area (Å²) in [7, 11) is 0. The number of nitrogens with one attached hydrogen (secondary N) is 1. The Balaban J connectivity index is 0.745. The molecule has 8 heterocycles. The number of Topliss-reactive ketones (excluding diaryl/α,β-unsaturated/α-hetero) is 1. The van der Waals surface area contributed by atoms with Gasteiger partial charge in [-0.3, -0.25) is 14.4 Å². The molecule has 23 N–H and O–H groups in total. The van der Waals surface area contributed by atoms with Crippen molar-refractivity contribution in [3.63, 3.8) is 0 Å². The third-order valence-electron chi connectivity index (χ3n) is 33.7. The Kier molecular flexibility index (Phi) is 35.6. The Hall–Kier alpha value is -3.46. The monoisotopic (exact) mass is 1950 g/mol. The Morgan fingerprint density at radius 2 is 1.15 bits per heavy atom. The number of ether oxygens (including phenoxy) is 16. The molecular formula is C93H152NO42. The van der Waals surface area contributed by atoms with Gasteiger partial charge in [0.25, 0.3) is 0 Å². The van der Waals surface area contributed by atoms with Crippen LogP contribution in [0.3, 0.4) is 0 Å². The Labute approximate surface area is 790 Å². The van der Waals surface area contributed by atoms with Crippen molar-refractivity contribution in [2.45, 2.75) is 431 Å². The van der Waals surface area contributed by atoms with Gasteiger partial charge in [0.1, 0.15) is 158 Å². The summed E-state index contributed by atoms with van der Waals surface area (Å²) in [5, 5.41) is 250. The van der Waals surface area contributed by atoms with Crippen molar-refractivity contribution in [3.8, 4) is 0 Å². The fourth-order valence-electron chi connectivity index (χ4n) is 24.6. The number of ketones is 1. The average Bonchev–Trinajstić information content (AvgIpc) is 0.780. The van der Waals surface area contributed by atoms with Crippen LogP contribution in [0.5, 0.6) is 0 Å². The highest BCUT2D eigenvalue weighted by atomic mass is 16.8. The second-order valence-corrected chi connectivity index (χ2v) is 42.8. The van der Waals surface area contributed by atoms with E-state index in [1.165, 1.54) is 6.92 Å². The van der Waals surface area contributed by atoms with Crippen LogP contribution in [0.4, 0.5) is 0 Å². The van der Waals surface area contributed by atoms with Crippen molar-refractivity contribution >= 4 is 23.9 Å². The number of rotatable bonds is 36. The lowest BCUT2D eigenvalue weighted by atomic mass is 9.33. The summed E-state index contributed by atoms with van der Waals surface area (Å²) in [6.45, 7) is 19.4. The van der Waals surface area contributed by atoms with Gasteiger partial charge in [-0.05, 0) is 135 Å². The lowest BCUT2D eigenvalue weighted by Gasteiger charge is -2.71. The molecule has 8 saturated heterocycles. The Morgan fingerprint density at radius 3 is 1.79 bits per heavy atom. The van der Waals surface area contributed by atoms with E-state index in [2.05, 4.69) is 32.2 Å². The zero-order valence-electron chi connectivity index (χ0n) is 79.4. The molecule has 12 fully saturated rings. The van der Waals surface area contributed by atoms with E-state index in [9.17, 15) is 127 Å². The maximum Gasteiger partial charge on any atom is 0.317 e. The van der Waals surface area contributed by atoms with Gasteiger partial charge in [-0.1, -0.05) is 101 Å². The van der Waals surface area contributed by atoms with Gasteiger partial charge in [-0.25, -0.2) is 0 Å². The van der Waals surface area contributed by atoms with Crippen LogP contribution >= 0.6 is 0 Å². The van der Waals surface area contributed by atoms with Gasteiger partial charge in [0.05, 0.1) is 100 Å². The first-order chi connectivity index (χ1) is 64.0. The molecule has 0 spiro atoms. The fraction of sp³-hybridized carbons (Fsp3) is 0.925. The van der Waals surface area contributed by atoms with Gasteiger partial charge < -0.3 is 198 Å². The lowest BCUT2D eigenvalue weighted by Crippen LogP contribution is -2.70. The van der Waals surface area contributed by atoms with Crippen molar-refractivity contribution in [3.05, 3.63) is 18.3 Å². The second kappa shape index (κ2) is 44.1. The average molecular weight is 1960 g/mol. The standard InChI is InChI=1S/C93H152NO42/c1-13-39(4)42(24-43(99)26-45(101)27-52(40(5)14-2)127-81-68(114)62(108)51(15-3)126-81)25-44(100)28-59(106)94-60-53(31-95)128-84(75(64(60)110)134-80-70(116)66(112)72(41(6)125-80)131-79-71(117)73(49(103)34-122-79)132-85-77(118)92(120,37-98)38-124-85)136-86(119)93-23-22-87(7,8)29-47(93)46-16-17-56-88(9)20-19-58(89(10,36-97)55(88)18-21-90(56,11)91(46,12)30-57(93)105)130-83-76(135-82-69(115)65(111)63(109)54(32-96)129-82)74(50(104)35-123-83)133-78-67(113)61(107)48(102)33-121-78/h16,35-36,39-42,44-45,47-58,60-85,95-96,98,100-105,107-118,120H,13-15,17-34,37-38H2,1-12H3,(H,94,106)/t39-,40-,41?,42+,44+,45-,47?,48+,49-,50+,51+,52+,53?,54?,55-,56?,57?,58+,60-,61+,62-,63+,64?,65+,66?,67?,68?,69?,70+,71-,72-,73?,74+,75-,76?,77?,78+,79-,80-,81-,82+,83+,84-,85-,88?,89-,90+,91-,92+,93-/m1/s1. The maximum atomic E-state index is 16.4. The fourth-order valence-corrected chi connectivity index (χ4v) is 24.6. The van der Waals surface area contributed by atoms with Crippen LogP contribution in [-0.4, -0.2) is 415 Å². The molecule has 0 aromatic heterocycles. The molecule has 0 aromatic rings. The van der Waals surface area contributed by atoms with Crippen molar-refractivity contribution in [2.75, 3.05) is 39.6 Å². The van der Waals surface area contributed by atoms with E-state index in [0.717, 1.165) is 18.5 Å². The first-order valence-corrected chi connectivity index (χ1v) is 48.5. The predicted octanol–water partition coefficient (Wildman–Crippen LogP) is -4.35. The molecule has 43 heteroatoms. The summed E-state index contributed by atoms with van der Waals surface area (Å²) in [5.41, 5.74) is -7.29. The third-order valence-corrected chi connectivity index (χ3v) is 33.7. The SMILES string of the molecule is CC[C@@H](C)[C@@H](CC(=O)C[C@@H](O)C[C@H](O[C@H]1O[C@@H](CC)[C@@H](O)C1O)[C@H](C)CC)C[C@H](O)CC(=O)N[C@@H]1C(CO)O[C@H](OC(=O)[C@]23CCC(C)(C)CC2C2=CCC4C5(C)CC[C@H](O[C@@H]6O[CH][C@H](O)[C@H](O[C@@H]7OC[C@H](O)[C@H](O)C7O)C6O[C@@H]6OC(CO)[C@H](O)[C@H](O)C6O)[C@](C)(C=O)[C@@H]5CC[C@]4(C)[C@]2(C)CC3O)[C@H](O[C@H]2OC(C)[C@@H](O[C@H]3OC[C@@H](O)C(O[C@H]4OC[C@@](O)(CO)C4O)[C@H]3O)C(O)[C@@H]2O)C1O. The number of fused-ring (bicyclic) bond motifs is 7. The molecule has 8 aliphatic heterocycles. The number of allylic oxidation sites excluding steroid dienone is 2. The van der Waals surface area contributed by atoms with Crippen LogP contribution in [0.2, 0.25) is 0 Å². The van der Waals surface area contributed by atoms with Crippen molar-refractivity contribution < 1.29 is 207 Å². The molecule has 5 aliphatic carbocycles. The van der Waals surface area contributed by atoms with E-state index in [0.29, 0.717) is 57.8 Å². The molecule has 50 atom stereocenters. The molecule has 13 rings (SSSR count). The van der Waals surface area contributed by atoms with Gasteiger partial charge in [0, 0.05) is 19.3 Å². The highest BCUT2D eigenvalue weighted by Crippen LogP contribution is 2.76. The topological polar surface area (TPSA) is 673 Å². The molecular weight excluding hydrogens is 1800 g/mol. The molecule has 781 valence electrons. The van der Waals surface area contributed by atoms with Gasteiger partial charge in [-0.15, -0.1) is 0 Å². The zero-order valence-corrected chi connectivity index (χ0v) is 79.4. The van der Waals surface area contributed by atoms with Crippen LogP contribution in [0.25, 0.3) is 0 Å². The van der Waals surface area contributed by atoms with Crippen LogP contribution in [0.15, 0.2) is 11.6 Å². The Morgan fingerprint density at radius 1 is 0.551 bits per heavy atom. The number of carbonyl (C=O) groups excluding carboxylic acids is 4. The molecule has 1 amide bonds. The van der Waals surface area contributed by atoms with Crippen LogP contribution in [0.1, 0.15) is 192 Å². The van der Waals surface area contributed by atoms with Crippen LogP contribution in [-0.2, 0) is 95.0 Å². The molecule has 43 nitrogen and oxygen atoms in total. The molecule has 0 bridgehead atoms. The molecule has 0 aromatic carbocycles. The largest absolute Gasteiger partial charge is 0.432 e. The van der Waals surface area contributed by atoms with E-state index in [1.807, 2.05) is 41.5 Å². The van der Waals surface area contributed by atoms with E-state index < -0.39 is 347 Å². The zero-order chi connectivity index (χ0) is 99.6. The number of hydrogen-bond donors (Lipinski definition) is 23. The number of aliphatic hydroxyl groups is 22. The van der Waals surface area contributed by atoms with Gasteiger partial charge in [0.15, 0.2) is 50.1 Å². The molecule has 4 saturated carbocycles.